The smallest absolute Gasteiger partial charge is 0.339 e. The molecule has 0 spiro atoms. The summed E-state index contributed by atoms with van der Waals surface area (Å²) in [5, 5.41) is 9.47. The van der Waals surface area contributed by atoms with Crippen LogP contribution in [-0.4, -0.2) is 22.0 Å². The number of carbonyl (C=O) groups excluding carboxylic acids is 1. The number of fused-ring (bicyclic) bond motifs is 3. The Morgan fingerprint density at radius 2 is 2.21 bits per heavy atom. The highest BCUT2D eigenvalue weighted by molar-refractivity contribution is 6.34. The summed E-state index contributed by atoms with van der Waals surface area (Å²) in [6, 6.07) is 2.69. The lowest BCUT2D eigenvalue weighted by molar-refractivity contribution is 0.0536. The number of nitrogens with two attached hydrogens (primary N) is 1. The van der Waals surface area contributed by atoms with E-state index >= 15 is 0 Å². The van der Waals surface area contributed by atoms with Crippen LogP contribution in [0, 0.1) is 0 Å². The van der Waals surface area contributed by atoms with Crippen molar-refractivity contribution in [2.75, 3.05) is 5.73 Å². The van der Waals surface area contributed by atoms with Crippen LogP contribution in [0.1, 0.15) is 26.3 Å². The molecule has 0 unspecified atom stereocenters. The molecule has 96 valence electrons. The van der Waals surface area contributed by atoms with Crippen LogP contribution in [0.4, 0.5) is 5.82 Å². The van der Waals surface area contributed by atoms with Crippen molar-refractivity contribution in [3.8, 4) is 0 Å². The van der Waals surface area contributed by atoms with Crippen LogP contribution in [0.3, 0.4) is 0 Å². The number of carboxylic acid groups (broad SMARTS) is 1. The van der Waals surface area contributed by atoms with Crippen molar-refractivity contribution in [2.24, 2.45) is 0 Å². The van der Waals surface area contributed by atoms with Gasteiger partial charge >= 0.3 is 11.9 Å². The molecule has 3 N–H and O–H groups in total. The van der Waals surface area contributed by atoms with Crippen LogP contribution in [0.15, 0.2) is 12.1 Å². The summed E-state index contributed by atoms with van der Waals surface area (Å²) < 4.78 is 4.90. The molecule has 1 aliphatic heterocycles. The van der Waals surface area contributed by atoms with E-state index in [-0.39, 0.29) is 28.6 Å². The summed E-state index contributed by atoms with van der Waals surface area (Å²) in [6.07, 6.45) is 0. The number of pyridine rings is 1. The summed E-state index contributed by atoms with van der Waals surface area (Å²) >= 11 is 5.86. The summed E-state index contributed by atoms with van der Waals surface area (Å²) in [5.74, 6) is -1.52. The maximum atomic E-state index is 11.7. The van der Waals surface area contributed by atoms with Crippen molar-refractivity contribution in [2.45, 2.75) is 6.61 Å². The number of ether oxygens (including phenoxy) is 1. The summed E-state index contributed by atoms with van der Waals surface area (Å²) in [4.78, 5) is 26.9. The third kappa shape index (κ3) is 1.61. The van der Waals surface area contributed by atoms with Gasteiger partial charge in [0.1, 0.15) is 12.4 Å². The molecule has 0 radical (unpaired) electrons. The molecule has 1 aromatic carbocycles. The third-order valence-corrected chi connectivity index (χ3v) is 3.30. The Balaban J connectivity index is 2.45. The Labute approximate surface area is 111 Å². The number of nitrogens with zero attached hydrogens (tertiary/aromatic N) is 1. The van der Waals surface area contributed by atoms with Crippen molar-refractivity contribution in [1.29, 1.82) is 0 Å². The van der Waals surface area contributed by atoms with Gasteiger partial charge in [-0.15, -0.1) is 0 Å². The highest BCUT2D eigenvalue weighted by atomic mass is 35.5. The van der Waals surface area contributed by atoms with Crippen LogP contribution in [0.2, 0.25) is 5.02 Å². The predicted molar refractivity (Wildman–Crippen MR) is 67.2 cm³/mol. The van der Waals surface area contributed by atoms with Gasteiger partial charge in [0.2, 0.25) is 0 Å². The summed E-state index contributed by atoms with van der Waals surface area (Å²) in [7, 11) is 0. The van der Waals surface area contributed by atoms with Gasteiger partial charge in [-0.3, -0.25) is 0 Å². The monoisotopic (exact) mass is 278 g/mol. The van der Waals surface area contributed by atoms with Crippen molar-refractivity contribution >= 4 is 40.3 Å². The van der Waals surface area contributed by atoms with Gasteiger partial charge < -0.3 is 15.6 Å². The maximum Gasteiger partial charge on any atom is 0.339 e. The average molecular weight is 279 g/mol. The van der Waals surface area contributed by atoms with Gasteiger partial charge in [0.15, 0.2) is 0 Å². The van der Waals surface area contributed by atoms with Gasteiger partial charge in [-0.2, -0.15) is 0 Å². The third-order valence-electron chi connectivity index (χ3n) is 2.99. The second kappa shape index (κ2) is 3.83. The Morgan fingerprint density at radius 1 is 1.47 bits per heavy atom. The molecule has 1 aromatic heterocycles. The van der Waals surface area contributed by atoms with Crippen LogP contribution in [0.5, 0.6) is 0 Å². The van der Waals surface area contributed by atoms with E-state index in [1.54, 1.807) is 0 Å². The van der Waals surface area contributed by atoms with Gasteiger partial charge in [-0.1, -0.05) is 11.6 Å². The van der Waals surface area contributed by atoms with E-state index in [0.717, 1.165) is 0 Å². The molecule has 0 fully saturated rings. The summed E-state index contributed by atoms with van der Waals surface area (Å²) in [6.45, 7) is 0.0496. The number of benzene rings is 1. The molecule has 0 saturated heterocycles. The van der Waals surface area contributed by atoms with Gasteiger partial charge in [0, 0.05) is 10.9 Å². The Hall–Kier alpha value is -2.34. The fourth-order valence-electron chi connectivity index (χ4n) is 2.10. The number of aromatic carboxylic acids is 1. The molecule has 7 heteroatoms. The quantitative estimate of drug-likeness (QED) is 0.772. The van der Waals surface area contributed by atoms with Crippen molar-refractivity contribution in [3.05, 3.63) is 33.8 Å². The summed E-state index contributed by atoms with van der Waals surface area (Å²) in [5.41, 5.74) is 6.76. The Morgan fingerprint density at radius 3 is 2.89 bits per heavy atom. The first-order valence-corrected chi connectivity index (χ1v) is 5.69. The number of anilines is 1. The zero-order valence-corrected chi connectivity index (χ0v) is 10.2. The minimum atomic E-state index is -1.18. The molecule has 0 atom stereocenters. The number of hydrogen-bond acceptors (Lipinski definition) is 5. The number of halogens is 1. The first kappa shape index (κ1) is 11.7. The first-order valence-electron chi connectivity index (χ1n) is 5.31. The van der Waals surface area contributed by atoms with E-state index < -0.39 is 11.9 Å². The lowest BCUT2D eigenvalue weighted by atomic mass is 10.0. The van der Waals surface area contributed by atoms with Crippen LogP contribution >= 0.6 is 11.6 Å². The lowest BCUT2D eigenvalue weighted by Crippen LogP contribution is -2.04. The maximum absolute atomic E-state index is 11.7. The highest BCUT2D eigenvalue weighted by Crippen LogP contribution is 2.33. The number of esters is 1. The minimum absolute atomic E-state index is 0.0400. The Bertz CT molecular complexity index is 757. The molecule has 2 heterocycles. The first-order chi connectivity index (χ1) is 8.99. The molecule has 3 rings (SSSR count). The molecule has 0 amide bonds. The fraction of sp³-hybridized carbons (Fsp3) is 0.0833. The Kier molecular flexibility index (Phi) is 2.36. The molecule has 1 aliphatic rings. The normalized spacial score (nSPS) is 13.4. The highest BCUT2D eigenvalue weighted by Gasteiger charge is 2.28. The van der Waals surface area contributed by atoms with E-state index in [1.165, 1.54) is 12.1 Å². The van der Waals surface area contributed by atoms with E-state index in [2.05, 4.69) is 4.98 Å². The number of rotatable bonds is 1. The molecule has 0 saturated carbocycles. The molecule has 0 bridgehead atoms. The van der Waals surface area contributed by atoms with E-state index in [4.69, 9.17) is 27.2 Å². The standard InChI is InChI=1S/C12H7ClN2O4/c13-7-2-8-5(1-4(7)11(16)17)9-6(10(14)15-8)3-19-12(9)18/h1-2H,3H2,(H2,14,15)(H,16,17). The van der Waals surface area contributed by atoms with E-state index in [1.807, 2.05) is 0 Å². The van der Waals surface area contributed by atoms with Crippen molar-refractivity contribution in [3.63, 3.8) is 0 Å². The second-order valence-electron chi connectivity index (χ2n) is 4.08. The number of carbonyl (C=O) groups is 2. The zero-order valence-electron chi connectivity index (χ0n) is 9.44. The van der Waals surface area contributed by atoms with E-state index in [9.17, 15) is 9.59 Å². The molecule has 2 aromatic rings. The topological polar surface area (TPSA) is 103 Å². The second-order valence-corrected chi connectivity index (χ2v) is 4.49. The minimum Gasteiger partial charge on any atom is -0.478 e. The fourth-order valence-corrected chi connectivity index (χ4v) is 2.34. The number of nitrogen functional groups attached to an aromatic ring is 1. The van der Waals surface area contributed by atoms with Crippen LogP contribution in [-0.2, 0) is 11.3 Å². The van der Waals surface area contributed by atoms with E-state index in [0.29, 0.717) is 16.5 Å². The number of cyclic esters (lactones) is 1. The van der Waals surface area contributed by atoms with Crippen molar-refractivity contribution in [1.82, 2.24) is 4.98 Å². The lowest BCUT2D eigenvalue weighted by Gasteiger charge is -2.07. The number of aromatic nitrogens is 1. The molecule has 0 aliphatic carbocycles. The molecule has 6 nitrogen and oxygen atoms in total. The van der Waals surface area contributed by atoms with Gasteiger partial charge in [0.25, 0.3) is 0 Å². The predicted octanol–water partition coefficient (Wildman–Crippen LogP) is 1.84. The van der Waals surface area contributed by atoms with Crippen molar-refractivity contribution < 1.29 is 19.4 Å². The molecular formula is C12H7ClN2O4. The molecular weight excluding hydrogens is 272 g/mol. The van der Waals surface area contributed by atoms with Gasteiger partial charge in [-0.25, -0.2) is 14.6 Å². The van der Waals surface area contributed by atoms with Crippen LogP contribution < -0.4 is 5.73 Å². The average Bonchev–Trinajstić information content (AvgIpc) is 2.71. The van der Waals surface area contributed by atoms with Gasteiger partial charge in [0.05, 0.1) is 21.7 Å². The SMILES string of the molecule is Nc1nc2cc(Cl)c(C(=O)O)cc2c2c1COC2=O. The zero-order chi connectivity index (χ0) is 13.7. The number of carboxylic acids is 1. The van der Waals surface area contributed by atoms with Gasteiger partial charge in [-0.05, 0) is 12.1 Å². The number of hydrogen-bond donors (Lipinski definition) is 2. The molecule has 19 heavy (non-hydrogen) atoms. The largest absolute Gasteiger partial charge is 0.478 e. The van der Waals surface area contributed by atoms with Crippen LogP contribution in [0.25, 0.3) is 10.9 Å².